The van der Waals surface area contributed by atoms with Crippen molar-refractivity contribution in [2.75, 3.05) is 11.9 Å². The van der Waals surface area contributed by atoms with Crippen LogP contribution in [0.3, 0.4) is 0 Å². The lowest BCUT2D eigenvalue weighted by Crippen LogP contribution is -2.37. The van der Waals surface area contributed by atoms with Crippen molar-refractivity contribution in [1.29, 1.82) is 0 Å². The number of phenolic OH excluding ortho intramolecular Hbond substituents is 1. The topological polar surface area (TPSA) is 75.3 Å². The van der Waals surface area contributed by atoms with Gasteiger partial charge in [0.25, 0.3) is 0 Å². The van der Waals surface area contributed by atoms with Gasteiger partial charge in [0.05, 0.1) is 11.9 Å². The first-order chi connectivity index (χ1) is 14.1. The van der Waals surface area contributed by atoms with E-state index in [0.717, 1.165) is 23.2 Å². The standard InChI is InChI=1S/C23H26N4O2/c1-14-24-13-22(29-14)17-5-6-19(21(28)12-17)20-7-8-23(26-25-20)27(2)18-10-15-3-4-16(9-15)11-18/h5-8,12-13,15-16,18,28H,3-4,9-11H2,1-2H3/t15-,16+,18+. The zero-order valence-corrected chi connectivity index (χ0v) is 16.9. The van der Waals surface area contributed by atoms with Crippen LogP contribution in [0.5, 0.6) is 5.75 Å². The number of aromatic nitrogens is 3. The average Bonchev–Trinajstić information content (AvgIpc) is 3.32. The van der Waals surface area contributed by atoms with E-state index in [1.165, 1.54) is 32.1 Å². The van der Waals surface area contributed by atoms with Crippen LogP contribution >= 0.6 is 0 Å². The molecule has 0 spiro atoms. The molecule has 150 valence electrons. The third-order valence-corrected chi connectivity index (χ3v) is 6.60. The van der Waals surface area contributed by atoms with E-state index < -0.39 is 0 Å². The molecule has 1 N–H and O–H groups in total. The lowest BCUT2D eigenvalue weighted by atomic mass is 9.85. The number of aryl methyl sites for hydroxylation is 1. The first kappa shape index (κ1) is 18.2. The number of phenols is 1. The van der Waals surface area contributed by atoms with Crippen LogP contribution < -0.4 is 4.90 Å². The van der Waals surface area contributed by atoms with Gasteiger partial charge in [0.1, 0.15) is 5.75 Å². The number of aromatic hydroxyl groups is 1. The molecule has 0 amide bonds. The van der Waals surface area contributed by atoms with E-state index in [0.29, 0.717) is 29.0 Å². The number of hydrogen-bond donors (Lipinski definition) is 1. The minimum atomic E-state index is 0.149. The van der Waals surface area contributed by atoms with E-state index in [4.69, 9.17) is 4.42 Å². The summed E-state index contributed by atoms with van der Waals surface area (Å²) in [5.41, 5.74) is 2.09. The molecule has 0 unspecified atom stereocenters. The molecule has 2 saturated carbocycles. The fraction of sp³-hybridized carbons (Fsp3) is 0.435. The molecule has 2 aromatic heterocycles. The molecule has 2 fully saturated rings. The van der Waals surface area contributed by atoms with Crippen molar-refractivity contribution < 1.29 is 9.52 Å². The van der Waals surface area contributed by atoms with Gasteiger partial charge in [-0.3, -0.25) is 0 Å². The van der Waals surface area contributed by atoms with Crippen LogP contribution in [0.15, 0.2) is 40.9 Å². The largest absolute Gasteiger partial charge is 0.507 e. The van der Waals surface area contributed by atoms with Gasteiger partial charge < -0.3 is 14.4 Å². The van der Waals surface area contributed by atoms with Gasteiger partial charge in [0.15, 0.2) is 17.5 Å². The predicted molar refractivity (Wildman–Crippen MR) is 112 cm³/mol. The minimum Gasteiger partial charge on any atom is -0.507 e. The Balaban J connectivity index is 1.34. The highest BCUT2D eigenvalue weighted by atomic mass is 16.4. The Bertz CT molecular complexity index is 1000. The second kappa shape index (κ2) is 7.17. The van der Waals surface area contributed by atoms with E-state index in [1.54, 1.807) is 19.2 Å². The monoisotopic (exact) mass is 390 g/mol. The smallest absolute Gasteiger partial charge is 0.191 e. The number of fused-ring (bicyclic) bond motifs is 2. The summed E-state index contributed by atoms with van der Waals surface area (Å²) in [6, 6.07) is 9.91. The van der Waals surface area contributed by atoms with Crippen LogP contribution in [0.4, 0.5) is 5.82 Å². The maximum Gasteiger partial charge on any atom is 0.191 e. The molecule has 2 heterocycles. The molecule has 2 aliphatic carbocycles. The Morgan fingerprint density at radius 2 is 1.83 bits per heavy atom. The van der Waals surface area contributed by atoms with Crippen LogP contribution in [0.1, 0.15) is 38.0 Å². The minimum absolute atomic E-state index is 0.149. The SMILES string of the molecule is Cc1ncc(-c2ccc(-c3ccc(N(C)[C@H]4C[C@@H]5CC[C@@H](C5)C4)nn3)c(O)c2)o1. The number of rotatable bonds is 4. The lowest BCUT2D eigenvalue weighted by molar-refractivity contribution is 0.312. The quantitative estimate of drug-likeness (QED) is 0.688. The summed E-state index contributed by atoms with van der Waals surface area (Å²) >= 11 is 0. The van der Waals surface area contributed by atoms with Crippen molar-refractivity contribution in [3.8, 4) is 28.3 Å². The Labute approximate surface area is 170 Å². The molecule has 29 heavy (non-hydrogen) atoms. The predicted octanol–water partition coefficient (Wildman–Crippen LogP) is 4.83. The van der Waals surface area contributed by atoms with Gasteiger partial charge in [0.2, 0.25) is 0 Å². The highest BCUT2D eigenvalue weighted by molar-refractivity contribution is 5.72. The normalized spacial score (nSPS) is 23.3. The van der Waals surface area contributed by atoms with E-state index in [1.807, 2.05) is 24.3 Å². The summed E-state index contributed by atoms with van der Waals surface area (Å²) in [5, 5.41) is 19.4. The van der Waals surface area contributed by atoms with Crippen LogP contribution in [0, 0.1) is 18.8 Å². The summed E-state index contributed by atoms with van der Waals surface area (Å²) in [6.07, 6.45) is 8.38. The molecular weight excluding hydrogens is 364 g/mol. The molecule has 0 radical (unpaired) electrons. The van der Waals surface area contributed by atoms with E-state index in [2.05, 4.69) is 27.1 Å². The molecule has 2 bridgehead atoms. The molecule has 6 heteroatoms. The van der Waals surface area contributed by atoms with Gasteiger partial charge in [-0.05, 0) is 55.4 Å². The summed E-state index contributed by atoms with van der Waals surface area (Å²) < 4.78 is 5.53. The van der Waals surface area contributed by atoms with Crippen molar-refractivity contribution in [2.24, 2.45) is 11.8 Å². The Hall–Kier alpha value is -2.89. The van der Waals surface area contributed by atoms with Crippen LogP contribution in [-0.2, 0) is 0 Å². The number of nitrogens with zero attached hydrogens (tertiary/aromatic N) is 4. The van der Waals surface area contributed by atoms with Crippen molar-refractivity contribution in [3.63, 3.8) is 0 Å². The average molecular weight is 390 g/mol. The summed E-state index contributed by atoms with van der Waals surface area (Å²) in [5.74, 6) is 4.05. The molecule has 3 atom stereocenters. The van der Waals surface area contributed by atoms with E-state index in [-0.39, 0.29) is 5.75 Å². The van der Waals surface area contributed by atoms with Crippen molar-refractivity contribution in [3.05, 3.63) is 42.4 Å². The zero-order chi connectivity index (χ0) is 20.0. The Morgan fingerprint density at radius 1 is 1.03 bits per heavy atom. The lowest BCUT2D eigenvalue weighted by Gasteiger charge is -2.35. The summed E-state index contributed by atoms with van der Waals surface area (Å²) in [6.45, 7) is 1.80. The van der Waals surface area contributed by atoms with Crippen molar-refractivity contribution in [1.82, 2.24) is 15.2 Å². The second-order valence-electron chi connectivity index (χ2n) is 8.53. The molecule has 3 aromatic rings. The van der Waals surface area contributed by atoms with Gasteiger partial charge in [-0.15, -0.1) is 10.2 Å². The molecule has 1 aromatic carbocycles. The molecule has 2 aliphatic rings. The van der Waals surface area contributed by atoms with Gasteiger partial charge in [-0.2, -0.15) is 0 Å². The molecule has 0 aliphatic heterocycles. The van der Waals surface area contributed by atoms with Gasteiger partial charge in [0, 0.05) is 31.1 Å². The highest BCUT2D eigenvalue weighted by Gasteiger charge is 2.36. The summed E-state index contributed by atoms with van der Waals surface area (Å²) in [4.78, 5) is 6.39. The second-order valence-corrected chi connectivity index (χ2v) is 8.53. The van der Waals surface area contributed by atoms with Crippen LogP contribution in [0.2, 0.25) is 0 Å². The van der Waals surface area contributed by atoms with Crippen molar-refractivity contribution in [2.45, 2.75) is 45.1 Å². The summed E-state index contributed by atoms with van der Waals surface area (Å²) in [7, 11) is 2.13. The number of oxazole rings is 1. The number of hydrogen-bond acceptors (Lipinski definition) is 6. The zero-order valence-electron chi connectivity index (χ0n) is 16.9. The highest BCUT2D eigenvalue weighted by Crippen LogP contribution is 2.43. The van der Waals surface area contributed by atoms with E-state index >= 15 is 0 Å². The Morgan fingerprint density at radius 3 is 2.45 bits per heavy atom. The van der Waals surface area contributed by atoms with Crippen LogP contribution in [-0.4, -0.2) is 33.4 Å². The Kier molecular flexibility index (Phi) is 4.49. The third-order valence-electron chi connectivity index (χ3n) is 6.60. The maximum absolute atomic E-state index is 10.5. The van der Waals surface area contributed by atoms with Crippen molar-refractivity contribution >= 4 is 5.82 Å². The fourth-order valence-electron chi connectivity index (χ4n) is 5.03. The van der Waals surface area contributed by atoms with E-state index in [9.17, 15) is 5.11 Å². The van der Waals surface area contributed by atoms with Gasteiger partial charge in [-0.1, -0.05) is 18.9 Å². The molecular formula is C23H26N4O2. The van der Waals surface area contributed by atoms with Crippen LogP contribution in [0.25, 0.3) is 22.6 Å². The fourth-order valence-corrected chi connectivity index (χ4v) is 5.03. The molecule has 0 saturated heterocycles. The maximum atomic E-state index is 10.5. The number of anilines is 1. The molecule has 5 rings (SSSR count). The number of benzene rings is 1. The van der Waals surface area contributed by atoms with Gasteiger partial charge >= 0.3 is 0 Å². The van der Waals surface area contributed by atoms with Gasteiger partial charge in [-0.25, -0.2) is 4.98 Å². The first-order valence-corrected chi connectivity index (χ1v) is 10.4. The first-order valence-electron chi connectivity index (χ1n) is 10.4. The molecule has 6 nitrogen and oxygen atoms in total. The third kappa shape index (κ3) is 3.48.